The molecular formula is C21H25NO3. The van der Waals surface area contributed by atoms with Crippen LogP contribution in [0.4, 0.5) is 0 Å². The highest BCUT2D eigenvalue weighted by Crippen LogP contribution is 2.19. The molecule has 132 valence electrons. The Bertz CT molecular complexity index is 729. The number of nitrogens with zero attached hydrogens (tertiary/aromatic N) is 1. The minimum absolute atomic E-state index is 0.117. The molecule has 2 aromatic rings. The zero-order valence-electron chi connectivity index (χ0n) is 14.6. The average Bonchev–Trinajstić information content (AvgIpc) is 3.10. The van der Waals surface area contributed by atoms with Crippen molar-refractivity contribution < 1.29 is 14.6 Å². The second-order valence-electron chi connectivity index (χ2n) is 6.78. The van der Waals surface area contributed by atoms with Crippen LogP contribution in [0, 0.1) is 12.8 Å². The summed E-state index contributed by atoms with van der Waals surface area (Å²) in [6, 6.07) is 16.0. The summed E-state index contributed by atoms with van der Waals surface area (Å²) in [5.74, 6) is 1.13. The number of likely N-dealkylation sites (tertiary alicyclic amines) is 1. The Morgan fingerprint density at radius 1 is 1.20 bits per heavy atom. The summed E-state index contributed by atoms with van der Waals surface area (Å²) in [5.41, 5.74) is 3.31. The van der Waals surface area contributed by atoms with Crippen molar-refractivity contribution in [2.75, 3.05) is 19.7 Å². The van der Waals surface area contributed by atoms with Crippen LogP contribution in [0.25, 0.3) is 0 Å². The van der Waals surface area contributed by atoms with Gasteiger partial charge in [-0.15, -0.1) is 0 Å². The van der Waals surface area contributed by atoms with E-state index in [4.69, 9.17) is 4.74 Å². The Kier molecular flexibility index (Phi) is 5.71. The third kappa shape index (κ3) is 4.83. The van der Waals surface area contributed by atoms with E-state index < -0.39 is 0 Å². The Morgan fingerprint density at radius 2 is 2.00 bits per heavy atom. The van der Waals surface area contributed by atoms with Crippen molar-refractivity contribution in [3.63, 3.8) is 0 Å². The van der Waals surface area contributed by atoms with Gasteiger partial charge in [0.2, 0.25) is 5.91 Å². The summed E-state index contributed by atoms with van der Waals surface area (Å²) in [7, 11) is 0. The fourth-order valence-electron chi connectivity index (χ4n) is 3.21. The highest BCUT2D eigenvalue weighted by molar-refractivity contribution is 5.79. The van der Waals surface area contributed by atoms with Gasteiger partial charge in [-0.3, -0.25) is 4.79 Å². The number of aryl methyl sites for hydroxylation is 1. The van der Waals surface area contributed by atoms with E-state index in [0.717, 1.165) is 29.8 Å². The monoisotopic (exact) mass is 339 g/mol. The van der Waals surface area contributed by atoms with Crippen LogP contribution in [0.3, 0.4) is 0 Å². The molecule has 1 N–H and O–H groups in total. The molecule has 0 spiro atoms. The lowest BCUT2D eigenvalue weighted by atomic mass is 10.1. The Hall–Kier alpha value is -2.33. The van der Waals surface area contributed by atoms with Gasteiger partial charge in [-0.2, -0.15) is 0 Å². The van der Waals surface area contributed by atoms with Crippen molar-refractivity contribution in [3.8, 4) is 5.75 Å². The maximum Gasteiger partial charge on any atom is 0.227 e. The number of carbonyl (C=O) groups is 1. The van der Waals surface area contributed by atoms with E-state index in [0.29, 0.717) is 19.6 Å². The van der Waals surface area contributed by atoms with Crippen molar-refractivity contribution in [1.82, 2.24) is 4.90 Å². The zero-order chi connectivity index (χ0) is 17.6. The minimum Gasteiger partial charge on any atom is -0.489 e. The highest BCUT2D eigenvalue weighted by Gasteiger charge is 2.25. The van der Waals surface area contributed by atoms with Crippen molar-refractivity contribution in [2.45, 2.75) is 26.4 Å². The van der Waals surface area contributed by atoms with Gasteiger partial charge in [0.1, 0.15) is 12.4 Å². The number of hydrogen-bond acceptors (Lipinski definition) is 3. The zero-order valence-corrected chi connectivity index (χ0v) is 14.6. The van der Waals surface area contributed by atoms with Crippen LogP contribution in [-0.2, 0) is 17.8 Å². The highest BCUT2D eigenvalue weighted by atomic mass is 16.5. The van der Waals surface area contributed by atoms with Crippen LogP contribution in [0.1, 0.15) is 23.1 Å². The van der Waals surface area contributed by atoms with Gasteiger partial charge in [0.15, 0.2) is 0 Å². The summed E-state index contributed by atoms with van der Waals surface area (Å²) in [5, 5.41) is 9.21. The van der Waals surface area contributed by atoms with E-state index in [1.165, 1.54) is 5.56 Å². The molecule has 0 aliphatic carbocycles. The number of ether oxygens (including phenoxy) is 1. The lowest BCUT2D eigenvalue weighted by molar-refractivity contribution is -0.129. The summed E-state index contributed by atoms with van der Waals surface area (Å²) in [6.07, 6.45) is 1.27. The van der Waals surface area contributed by atoms with E-state index in [-0.39, 0.29) is 18.4 Å². The maximum absolute atomic E-state index is 12.4. The predicted octanol–water partition coefficient (Wildman–Crippen LogP) is 2.96. The molecule has 1 unspecified atom stereocenters. The van der Waals surface area contributed by atoms with E-state index in [1.54, 1.807) is 0 Å². The molecule has 2 aromatic carbocycles. The van der Waals surface area contributed by atoms with E-state index >= 15 is 0 Å². The van der Waals surface area contributed by atoms with Crippen LogP contribution in [0.15, 0.2) is 48.5 Å². The fourth-order valence-corrected chi connectivity index (χ4v) is 3.21. The summed E-state index contributed by atoms with van der Waals surface area (Å²) in [4.78, 5) is 14.3. The molecule has 4 heteroatoms. The number of amides is 1. The van der Waals surface area contributed by atoms with Gasteiger partial charge in [-0.1, -0.05) is 42.0 Å². The van der Waals surface area contributed by atoms with Crippen LogP contribution < -0.4 is 4.74 Å². The van der Waals surface area contributed by atoms with Crippen LogP contribution >= 0.6 is 0 Å². The Morgan fingerprint density at radius 3 is 2.76 bits per heavy atom. The maximum atomic E-state index is 12.4. The second kappa shape index (κ2) is 8.17. The van der Waals surface area contributed by atoms with Crippen molar-refractivity contribution >= 4 is 5.91 Å². The molecule has 3 rings (SSSR count). The third-order valence-corrected chi connectivity index (χ3v) is 4.64. The summed E-state index contributed by atoms with van der Waals surface area (Å²) in [6.45, 7) is 4.15. The molecule has 1 atom stereocenters. The lowest BCUT2D eigenvalue weighted by Crippen LogP contribution is -2.30. The molecule has 4 nitrogen and oxygen atoms in total. The molecule has 0 radical (unpaired) electrons. The predicted molar refractivity (Wildman–Crippen MR) is 97.4 cm³/mol. The third-order valence-electron chi connectivity index (χ3n) is 4.64. The Balaban J connectivity index is 1.57. The summed E-state index contributed by atoms with van der Waals surface area (Å²) < 4.78 is 5.87. The molecular weight excluding hydrogens is 314 g/mol. The number of aliphatic hydroxyl groups is 1. The molecule has 25 heavy (non-hydrogen) atoms. The normalized spacial score (nSPS) is 16.9. The molecule has 0 bridgehead atoms. The number of hydrogen-bond donors (Lipinski definition) is 1. The second-order valence-corrected chi connectivity index (χ2v) is 6.78. The van der Waals surface area contributed by atoms with E-state index in [9.17, 15) is 9.90 Å². The first-order valence-electron chi connectivity index (χ1n) is 8.80. The van der Waals surface area contributed by atoms with Crippen LogP contribution in [-0.4, -0.2) is 35.6 Å². The first-order valence-corrected chi connectivity index (χ1v) is 8.80. The topological polar surface area (TPSA) is 49.8 Å². The summed E-state index contributed by atoms with van der Waals surface area (Å²) >= 11 is 0. The molecule has 0 aromatic heterocycles. The lowest BCUT2D eigenvalue weighted by Gasteiger charge is -2.16. The van der Waals surface area contributed by atoms with Crippen molar-refractivity contribution in [3.05, 3.63) is 65.2 Å². The van der Waals surface area contributed by atoms with Crippen LogP contribution in [0.5, 0.6) is 5.75 Å². The quantitative estimate of drug-likeness (QED) is 0.880. The van der Waals surface area contributed by atoms with Gasteiger partial charge < -0.3 is 14.7 Å². The number of rotatable bonds is 6. The number of benzene rings is 2. The molecule has 0 saturated carbocycles. The van der Waals surface area contributed by atoms with Crippen LogP contribution in [0.2, 0.25) is 0 Å². The van der Waals surface area contributed by atoms with Gasteiger partial charge in [0.25, 0.3) is 0 Å². The van der Waals surface area contributed by atoms with Gasteiger partial charge >= 0.3 is 0 Å². The number of carbonyl (C=O) groups excluding carboxylic acids is 1. The molecule has 1 fully saturated rings. The fraction of sp³-hybridized carbons (Fsp3) is 0.381. The van der Waals surface area contributed by atoms with Gasteiger partial charge in [0.05, 0.1) is 6.42 Å². The Labute approximate surface area is 149 Å². The molecule has 1 aliphatic heterocycles. The van der Waals surface area contributed by atoms with Crippen molar-refractivity contribution in [2.24, 2.45) is 5.92 Å². The standard InChI is InChI=1S/C21H25NO3/c1-16-4-2-6-18(10-16)15-25-20-7-3-5-17(11-20)12-21(24)22-9-8-19(13-22)14-23/h2-7,10-11,19,23H,8-9,12-15H2,1H3. The largest absolute Gasteiger partial charge is 0.489 e. The van der Waals surface area contributed by atoms with Crippen molar-refractivity contribution in [1.29, 1.82) is 0 Å². The first kappa shape index (κ1) is 17.5. The average molecular weight is 339 g/mol. The molecule has 1 amide bonds. The number of aliphatic hydroxyl groups excluding tert-OH is 1. The molecule has 1 heterocycles. The molecule has 1 aliphatic rings. The minimum atomic E-state index is 0.117. The van der Waals surface area contributed by atoms with E-state index in [2.05, 4.69) is 19.1 Å². The first-order chi connectivity index (χ1) is 12.1. The van der Waals surface area contributed by atoms with E-state index in [1.807, 2.05) is 41.3 Å². The van der Waals surface area contributed by atoms with Gasteiger partial charge in [-0.25, -0.2) is 0 Å². The van der Waals surface area contributed by atoms with Gasteiger partial charge in [-0.05, 0) is 36.6 Å². The smallest absolute Gasteiger partial charge is 0.227 e. The van der Waals surface area contributed by atoms with Gasteiger partial charge in [0, 0.05) is 25.6 Å². The SMILES string of the molecule is Cc1cccc(COc2cccc(CC(=O)N3CCC(CO)C3)c2)c1. The molecule has 1 saturated heterocycles.